The number of aliphatic hydroxyl groups is 1. The zero-order valence-electron chi connectivity index (χ0n) is 12.2. The number of nitrogens with one attached hydrogen (secondary N) is 1. The lowest BCUT2D eigenvalue weighted by Crippen LogP contribution is -2.52. The molecule has 0 aliphatic carbocycles. The van der Waals surface area contributed by atoms with Crippen LogP contribution in [0.1, 0.15) is 5.56 Å². The summed E-state index contributed by atoms with van der Waals surface area (Å²) in [6, 6.07) is 1.29. The molecule has 10 heteroatoms. The first-order chi connectivity index (χ1) is 10.7. The summed E-state index contributed by atoms with van der Waals surface area (Å²) in [5, 5.41) is 21.5. The maximum Gasteiger partial charge on any atom is 0.419 e. The number of anilines is 1. The topological polar surface area (TPSA) is 78.6 Å². The van der Waals surface area contributed by atoms with Gasteiger partial charge < -0.3 is 15.3 Å². The van der Waals surface area contributed by atoms with Crippen LogP contribution < -0.4 is 10.2 Å². The fraction of sp³-hybridized carbons (Fsp3) is 0.500. The monoisotopic (exact) mass is 384 g/mol. The summed E-state index contributed by atoms with van der Waals surface area (Å²) >= 11 is 2.81. The lowest BCUT2D eigenvalue weighted by Gasteiger charge is -2.35. The van der Waals surface area contributed by atoms with E-state index in [0.717, 1.165) is 17.4 Å². The fourth-order valence-corrected chi connectivity index (χ4v) is 2.92. The van der Waals surface area contributed by atoms with Gasteiger partial charge in [-0.15, -0.1) is 0 Å². The van der Waals surface area contributed by atoms with Crippen molar-refractivity contribution in [1.82, 2.24) is 5.31 Å². The average molecular weight is 385 g/mol. The van der Waals surface area contributed by atoms with Gasteiger partial charge >= 0.3 is 6.18 Å². The first-order valence-corrected chi connectivity index (χ1v) is 7.11. The molecule has 1 heterocycles. The van der Waals surface area contributed by atoms with Gasteiger partial charge in [-0.1, -0.05) is 15.9 Å². The number of nitrogens with zero attached hydrogens (tertiary/aromatic N) is 2. The van der Waals surface area contributed by atoms with Crippen molar-refractivity contribution >= 4 is 27.3 Å². The Balaban J connectivity index is 2.59. The molecule has 1 aromatic carbocycles. The Morgan fingerprint density at radius 1 is 1.59 bits per heavy atom. The Bertz CT molecular complexity index is 617. The molecule has 2 N–H and O–H groups in total. The normalized spacial score (nSPS) is 20.9. The number of aliphatic hydroxyl groups excluding tert-OH is 1. The summed E-state index contributed by atoms with van der Waals surface area (Å²) in [5.74, 6) is 0. The van der Waals surface area contributed by atoms with E-state index >= 15 is 0 Å². The number of hydrogen-bond donors (Lipinski definition) is 2. The third-order valence-corrected chi connectivity index (χ3v) is 3.96. The minimum Gasteiger partial charge on any atom is -0.395 e. The van der Waals surface area contributed by atoms with Gasteiger partial charge in [-0.2, -0.15) is 13.2 Å². The molecular formula is C12H13BrF3N3O3. The van der Waals surface area contributed by atoms with Crippen molar-refractivity contribution in [1.29, 1.82) is 0 Å². The number of benzene rings is 1. The zero-order valence-corrected chi connectivity index (χ0v) is 12.8. The van der Waals surface area contributed by atoms with Crippen molar-refractivity contribution < 1.29 is 24.6 Å². The highest BCUT2D eigenvalue weighted by atomic mass is 79.9. The third-order valence-electron chi connectivity index (χ3n) is 3.30. The van der Waals surface area contributed by atoms with E-state index in [2.05, 4.69) is 15.9 Å². The second kappa shape index (κ2) is 6.39. The lowest BCUT2D eigenvalue weighted by atomic mass is 10.1. The van der Waals surface area contributed by atoms with Crippen LogP contribution >= 0.6 is 15.9 Å². The van der Waals surface area contributed by atoms with E-state index < -0.39 is 40.7 Å². The molecule has 1 atom stereocenters. The molecule has 0 saturated carbocycles. The van der Waals surface area contributed by atoms with Crippen molar-refractivity contribution in [3.8, 4) is 0 Å². The Hall–Kier alpha value is -1.39. The molecule has 1 saturated heterocycles. The van der Waals surface area contributed by atoms with E-state index in [1.807, 2.05) is 0 Å². The van der Waals surface area contributed by atoms with Crippen LogP contribution in [-0.4, -0.2) is 42.3 Å². The summed E-state index contributed by atoms with van der Waals surface area (Å²) in [4.78, 5) is 11.5. The fourth-order valence-electron chi connectivity index (χ4n) is 2.38. The molecule has 1 fully saturated rings. The van der Waals surface area contributed by atoms with Crippen LogP contribution in [0.15, 0.2) is 16.6 Å². The minimum absolute atomic E-state index is 0.0143. The van der Waals surface area contributed by atoms with E-state index in [9.17, 15) is 28.4 Å². The molecule has 122 valence electrons. The van der Waals surface area contributed by atoms with Crippen LogP contribution in [-0.2, 0) is 6.18 Å². The van der Waals surface area contributed by atoms with Crippen LogP contribution in [0.25, 0.3) is 0 Å². The van der Waals surface area contributed by atoms with E-state index in [0.29, 0.717) is 0 Å². The standard InChI is InChI=1S/C12H13BrF3N3O3/c13-8-1-2-9(19(21)22)11(10(8)12(14,15)16)18-4-3-17-7(5-18)6-20/h1-2,7,17,20H,3-6H2/t7-/m1/s1/i/hD. The predicted molar refractivity (Wildman–Crippen MR) is 76.9 cm³/mol. The van der Waals surface area contributed by atoms with Crippen LogP contribution in [0.2, 0.25) is 1.41 Å². The highest BCUT2D eigenvalue weighted by Crippen LogP contribution is 2.46. The van der Waals surface area contributed by atoms with E-state index in [1.54, 1.807) is 0 Å². The molecule has 1 aliphatic rings. The van der Waals surface area contributed by atoms with E-state index in [-0.39, 0.29) is 24.1 Å². The first-order valence-electron chi connectivity index (χ1n) is 6.77. The predicted octanol–water partition coefficient (Wildman–Crippen LogP) is 2.15. The highest BCUT2D eigenvalue weighted by molar-refractivity contribution is 9.10. The van der Waals surface area contributed by atoms with Crippen LogP contribution in [0.5, 0.6) is 0 Å². The average Bonchev–Trinajstić information content (AvgIpc) is 2.45. The lowest BCUT2D eigenvalue weighted by molar-refractivity contribution is -0.384. The maximum atomic E-state index is 13.4. The molecule has 0 bridgehead atoms. The Labute approximate surface area is 133 Å². The largest absolute Gasteiger partial charge is 0.419 e. The van der Waals surface area contributed by atoms with Gasteiger partial charge in [-0.3, -0.25) is 10.1 Å². The van der Waals surface area contributed by atoms with Gasteiger partial charge in [0.1, 0.15) is 12.7 Å². The van der Waals surface area contributed by atoms with Gasteiger partial charge in [0.05, 0.1) is 11.5 Å². The van der Waals surface area contributed by atoms with Crippen LogP contribution in [0.3, 0.4) is 0 Å². The smallest absolute Gasteiger partial charge is 0.395 e. The van der Waals surface area contributed by atoms with Gasteiger partial charge in [-0.25, -0.2) is 0 Å². The van der Waals surface area contributed by atoms with Gasteiger partial charge in [-0.05, 0) is 6.07 Å². The van der Waals surface area contributed by atoms with E-state index in [1.165, 1.54) is 4.90 Å². The molecule has 22 heavy (non-hydrogen) atoms. The SMILES string of the molecule is [2H]N1CCN(c2c([N+](=O)[O-])ccc(Br)c2C(F)(F)F)C[C@@H]1CO. The molecule has 6 nitrogen and oxygen atoms in total. The molecule has 0 radical (unpaired) electrons. The molecule has 1 aromatic rings. The number of nitro benzene ring substituents is 1. The highest BCUT2D eigenvalue weighted by Gasteiger charge is 2.41. The molecule has 0 aromatic heterocycles. The Morgan fingerprint density at radius 2 is 2.27 bits per heavy atom. The summed E-state index contributed by atoms with van der Waals surface area (Å²) in [7, 11) is 0. The maximum absolute atomic E-state index is 13.4. The number of piperazine rings is 1. The molecule has 2 rings (SSSR count). The molecule has 1 aliphatic heterocycles. The van der Waals surface area contributed by atoms with Gasteiger partial charge in [0.2, 0.25) is 0 Å². The van der Waals surface area contributed by atoms with Crippen molar-refractivity contribution in [2.45, 2.75) is 12.2 Å². The molecule has 0 unspecified atom stereocenters. The second-order valence-electron chi connectivity index (χ2n) is 4.73. The molecule has 0 spiro atoms. The summed E-state index contributed by atoms with van der Waals surface area (Å²) in [6.45, 7) is -0.462. The first kappa shape index (κ1) is 15.5. The van der Waals surface area contributed by atoms with Crippen LogP contribution in [0.4, 0.5) is 24.5 Å². The molecular weight excluding hydrogens is 371 g/mol. The quantitative estimate of drug-likeness (QED) is 0.616. The minimum atomic E-state index is -4.78. The Morgan fingerprint density at radius 3 is 2.82 bits per heavy atom. The van der Waals surface area contributed by atoms with Crippen LogP contribution in [0, 0.1) is 10.1 Å². The van der Waals surface area contributed by atoms with Crippen molar-refractivity contribution in [3.05, 3.63) is 32.3 Å². The summed E-state index contributed by atoms with van der Waals surface area (Å²) in [5.41, 5.74) is -2.32. The van der Waals surface area contributed by atoms with Crippen molar-refractivity contribution in [3.63, 3.8) is 0 Å². The summed E-state index contributed by atoms with van der Waals surface area (Å²) < 4.78 is 47.5. The number of alkyl halides is 3. The third kappa shape index (κ3) is 3.33. The summed E-state index contributed by atoms with van der Waals surface area (Å²) in [6.07, 6.45) is -4.78. The number of nitro groups is 1. The van der Waals surface area contributed by atoms with Gasteiger partial charge in [0.15, 0.2) is 0 Å². The molecule has 0 amide bonds. The zero-order chi connectivity index (χ0) is 17.4. The van der Waals surface area contributed by atoms with Gasteiger partial charge in [0, 0.05) is 36.2 Å². The van der Waals surface area contributed by atoms with E-state index in [4.69, 9.17) is 1.41 Å². The van der Waals surface area contributed by atoms with Crippen molar-refractivity contribution in [2.75, 3.05) is 31.1 Å². The Kier molecular flexibility index (Phi) is 4.50. The second-order valence-corrected chi connectivity index (χ2v) is 5.59. The number of hydrogen-bond acceptors (Lipinski definition) is 5. The van der Waals surface area contributed by atoms with Gasteiger partial charge in [0.25, 0.3) is 5.69 Å². The number of halogens is 4. The van der Waals surface area contributed by atoms with Crippen molar-refractivity contribution in [2.24, 2.45) is 0 Å². The number of rotatable bonds is 3.